The predicted molar refractivity (Wildman–Crippen MR) is 128 cm³/mol. The zero-order valence-electron chi connectivity index (χ0n) is 18.8. The quantitative estimate of drug-likeness (QED) is 0.569. The fourth-order valence-electron chi connectivity index (χ4n) is 4.60. The molecule has 5 rings (SSSR count). The largest absolute Gasteiger partial charge is 0.497 e. The van der Waals surface area contributed by atoms with Crippen LogP contribution in [0, 0.1) is 12.8 Å². The van der Waals surface area contributed by atoms with Crippen LogP contribution in [0.1, 0.15) is 24.8 Å². The molecule has 0 radical (unpaired) electrons. The number of hydrogen-bond acceptors (Lipinski definition) is 6. The van der Waals surface area contributed by atoms with Crippen molar-refractivity contribution in [2.24, 2.45) is 5.92 Å². The van der Waals surface area contributed by atoms with E-state index in [1.165, 1.54) is 0 Å². The normalized spacial score (nSPS) is 19.3. The van der Waals surface area contributed by atoms with E-state index in [-0.39, 0.29) is 30.3 Å². The molecule has 3 heterocycles. The first-order chi connectivity index (χ1) is 16.0. The Bertz CT molecular complexity index is 1170. The Morgan fingerprint density at radius 1 is 1.12 bits per heavy atom. The molecule has 0 spiro atoms. The summed E-state index contributed by atoms with van der Waals surface area (Å²) in [5.41, 5.74) is 2.94. The van der Waals surface area contributed by atoms with E-state index in [9.17, 15) is 9.59 Å². The van der Waals surface area contributed by atoms with E-state index in [1.54, 1.807) is 23.3 Å². The monoisotopic (exact) mass is 465 g/mol. The number of carbonyl (C=O) groups excluding carboxylic acids is 2. The Morgan fingerprint density at radius 2 is 1.88 bits per heavy atom. The van der Waals surface area contributed by atoms with Crippen LogP contribution in [-0.4, -0.2) is 54.5 Å². The maximum atomic E-state index is 13.1. The Hall–Kier alpha value is -3.13. The molecule has 8 heteroatoms. The standard InChI is InChI=1S/C25H27N3O4S/c1-16-4-3-5-21-23(16)26-25(33-21)32-20-10-12-27(13-11-20)24(30)17-14-22(29)28(15-17)18-6-8-19(31-2)9-7-18/h3-9,17,20H,10-15H2,1-2H3. The molecule has 172 valence electrons. The summed E-state index contributed by atoms with van der Waals surface area (Å²) in [6.07, 6.45) is 1.84. The van der Waals surface area contributed by atoms with E-state index in [0.717, 1.165) is 40.1 Å². The number of likely N-dealkylation sites (tertiary alicyclic amines) is 1. The number of rotatable bonds is 5. The molecule has 2 saturated heterocycles. The summed E-state index contributed by atoms with van der Waals surface area (Å²) < 4.78 is 12.5. The third-order valence-electron chi connectivity index (χ3n) is 6.48. The highest BCUT2D eigenvalue weighted by molar-refractivity contribution is 7.20. The van der Waals surface area contributed by atoms with Gasteiger partial charge in [-0.1, -0.05) is 23.5 Å². The predicted octanol–water partition coefficient (Wildman–Crippen LogP) is 4.04. The molecule has 3 aromatic rings. The van der Waals surface area contributed by atoms with Crippen LogP contribution in [-0.2, 0) is 9.59 Å². The summed E-state index contributed by atoms with van der Waals surface area (Å²) in [6, 6.07) is 13.5. The molecule has 2 amide bonds. The van der Waals surface area contributed by atoms with Gasteiger partial charge in [-0.05, 0) is 42.8 Å². The zero-order valence-corrected chi connectivity index (χ0v) is 19.6. The summed E-state index contributed by atoms with van der Waals surface area (Å²) in [7, 11) is 1.61. The molecule has 1 unspecified atom stereocenters. The van der Waals surface area contributed by atoms with E-state index in [1.807, 2.05) is 35.2 Å². The van der Waals surface area contributed by atoms with Gasteiger partial charge in [-0.2, -0.15) is 0 Å². The molecule has 2 fully saturated rings. The molecular formula is C25H27N3O4S. The van der Waals surface area contributed by atoms with E-state index in [4.69, 9.17) is 9.47 Å². The molecule has 0 aliphatic carbocycles. The van der Waals surface area contributed by atoms with E-state index < -0.39 is 0 Å². The number of benzene rings is 2. The van der Waals surface area contributed by atoms with Gasteiger partial charge in [0.05, 0.1) is 23.2 Å². The van der Waals surface area contributed by atoms with E-state index >= 15 is 0 Å². The number of aromatic nitrogens is 1. The van der Waals surface area contributed by atoms with Crippen molar-refractivity contribution in [3.8, 4) is 10.9 Å². The molecule has 1 aromatic heterocycles. The van der Waals surface area contributed by atoms with Crippen molar-refractivity contribution in [1.29, 1.82) is 0 Å². The summed E-state index contributed by atoms with van der Waals surface area (Å²) in [6.45, 7) is 3.76. The van der Waals surface area contributed by atoms with Gasteiger partial charge in [0.15, 0.2) is 0 Å². The van der Waals surface area contributed by atoms with Crippen molar-refractivity contribution >= 4 is 39.1 Å². The first-order valence-electron chi connectivity index (χ1n) is 11.3. The van der Waals surface area contributed by atoms with Gasteiger partial charge in [0, 0.05) is 44.6 Å². The lowest BCUT2D eigenvalue weighted by Gasteiger charge is -2.33. The zero-order chi connectivity index (χ0) is 22.9. The van der Waals surface area contributed by atoms with Crippen LogP contribution in [0.4, 0.5) is 5.69 Å². The number of aryl methyl sites for hydroxylation is 1. The van der Waals surface area contributed by atoms with Crippen LogP contribution in [0.3, 0.4) is 0 Å². The molecule has 0 bridgehead atoms. The van der Waals surface area contributed by atoms with Gasteiger partial charge >= 0.3 is 0 Å². The van der Waals surface area contributed by atoms with Crippen LogP contribution in [0.5, 0.6) is 10.9 Å². The average Bonchev–Trinajstić information content (AvgIpc) is 3.43. The SMILES string of the molecule is COc1ccc(N2CC(C(=O)N3CCC(Oc4nc5c(C)cccc5s4)CC3)CC2=O)cc1. The van der Waals surface area contributed by atoms with Crippen LogP contribution in [0.15, 0.2) is 42.5 Å². The number of piperidine rings is 1. The number of amides is 2. The lowest BCUT2D eigenvalue weighted by atomic mass is 10.0. The van der Waals surface area contributed by atoms with Gasteiger partial charge in [0.1, 0.15) is 11.9 Å². The number of fused-ring (bicyclic) bond motifs is 1. The highest BCUT2D eigenvalue weighted by Crippen LogP contribution is 2.32. The number of thiazole rings is 1. The van der Waals surface area contributed by atoms with Crippen LogP contribution in [0.25, 0.3) is 10.2 Å². The van der Waals surface area contributed by atoms with Crippen molar-refractivity contribution in [1.82, 2.24) is 9.88 Å². The molecule has 0 N–H and O–H groups in total. The molecule has 2 aromatic carbocycles. The fraction of sp³-hybridized carbons (Fsp3) is 0.400. The highest BCUT2D eigenvalue weighted by Gasteiger charge is 2.38. The minimum Gasteiger partial charge on any atom is -0.497 e. The van der Waals surface area contributed by atoms with Gasteiger partial charge in [0.25, 0.3) is 5.19 Å². The number of ether oxygens (including phenoxy) is 2. The third kappa shape index (κ3) is 4.39. The van der Waals surface area contributed by atoms with Crippen LogP contribution in [0.2, 0.25) is 0 Å². The van der Waals surface area contributed by atoms with Gasteiger partial charge in [0.2, 0.25) is 11.8 Å². The lowest BCUT2D eigenvalue weighted by molar-refractivity contribution is -0.137. The summed E-state index contributed by atoms with van der Waals surface area (Å²) in [4.78, 5) is 33.9. The Labute approximate surface area is 196 Å². The molecular weight excluding hydrogens is 438 g/mol. The Kier molecular flexibility index (Phi) is 5.93. The second kappa shape index (κ2) is 9.02. The van der Waals surface area contributed by atoms with Gasteiger partial charge in [-0.3, -0.25) is 9.59 Å². The number of para-hydroxylation sites is 1. The van der Waals surface area contributed by atoms with Gasteiger partial charge < -0.3 is 19.3 Å². The summed E-state index contributed by atoms with van der Waals surface area (Å²) >= 11 is 1.57. The number of hydrogen-bond donors (Lipinski definition) is 0. The summed E-state index contributed by atoms with van der Waals surface area (Å²) in [5.74, 6) is 0.490. The molecule has 0 saturated carbocycles. The van der Waals surface area contributed by atoms with Crippen LogP contribution >= 0.6 is 11.3 Å². The Balaban J connectivity index is 1.16. The maximum absolute atomic E-state index is 13.1. The molecule has 33 heavy (non-hydrogen) atoms. The minimum atomic E-state index is -0.302. The average molecular weight is 466 g/mol. The Morgan fingerprint density at radius 3 is 2.58 bits per heavy atom. The van der Waals surface area contributed by atoms with Crippen LogP contribution < -0.4 is 14.4 Å². The highest BCUT2D eigenvalue weighted by atomic mass is 32.1. The number of methoxy groups -OCH3 is 1. The lowest BCUT2D eigenvalue weighted by Crippen LogP contribution is -2.44. The number of nitrogens with zero attached hydrogens (tertiary/aromatic N) is 3. The van der Waals surface area contributed by atoms with Gasteiger partial charge in [-0.15, -0.1) is 0 Å². The fourth-order valence-corrected chi connectivity index (χ4v) is 5.55. The first kappa shape index (κ1) is 21.7. The smallest absolute Gasteiger partial charge is 0.274 e. The maximum Gasteiger partial charge on any atom is 0.274 e. The second-order valence-corrected chi connectivity index (χ2v) is 9.64. The first-order valence-corrected chi connectivity index (χ1v) is 12.1. The third-order valence-corrected chi connectivity index (χ3v) is 7.39. The minimum absolute atomic E-state index is 0.0112. The molecule has 2 aliphatic heterocycles. The van der Waals surface area contributed by atoms with Crippen molar-refractivity contribution in [2.75, 3.05) is 31.6 Å². The van der Waals surface area contributed by atoms with E-state index in [0.29, 0.717) is 24.8 Å². The topological polar surface area (TPSA) is 72.0 Å². The van der Waals surface area contributed by atoms with Crippen molar-refractivity contribution in [3.63, 3.8) is 0 Å². The van der Waals surface area contributed by atoms with Gasteiger partial charge in [-0.25, -0.2) is 4.98 Å². The number of carbonyl (C=O) groups is 2. The molecule has 1 atom stereocenters. The summed E-state index contributed by atoms with van der Waals surface area (Å²) in [5, 5.41) is 0.695. The molecule has 7 nitrogen and oxygen atoms in total. The second-order valence-electron chi connectivity index (χ2n) is 8.65. The van der Waals surface area contributed by atoms with E-state index in [2.05, 4.69) is 24.0 Å². The van der Waals surface area contributed by atoms with Crippen molar-refractivity contribution in [2.45, 2.75) is 32.3 Å². The van der Waals surface area contributed by atoms with Crippen molar-refractivity contribution in [3.05, 3.63) is 48.0 Å². The molecule has 2 aliphatic rings. The number of anilines is 1. The van der Waals surface area contributed by atoms with Crippen molar-refractivity contribution < 1.29 is 19.1 Å².